The molecule has 1 N–H and O–H groups in total. The average molecular weight is 366 g/mol. The van der Waals surface area contributed by atoms with E-state index in [1.54, 1.807) is 15.9 Å². The molecule has 132 valence electrons. The smallest absolute Gasteiger partial charge is 0.329 e. The second-order valence-corrected chi connectivity index (χ2v) is 7.07. The second kappa shape index (κ2) is 6.76. The number of nitrogens with one attached hydrogen (secondary N) is 1. The first-order valence-electron chi connectivity index (χ1n) is 8.46. The summed E-state index contributed by atoms with van der Waals surface area (Å²) in [5.41, 5.74) is 2.39. The van der Waals surface area contributed by atoms with E-state index in [1.807, 2.05) is 55.5 Å². The first-order chi connectivity index (χ1) is 12.7. The first-order valence-corrected chi connectivity index (χ1v) is 9.28. The van der Waals surface area contributed by atoms with Crippen LogP contribution in [0.25, 0.3) is 21.3 Å². The lowest BCUT2D eigenvalue weighted by Gasteiger charge is -2.04. The summed E-state index contributed by atoms with van der Waals surface area (Å²) >= 11 is 1.56. The highest BCUT2D eigenvalue weighted by atomic mass is 32.1. The summed E-state index contributed by atoms with van der Waals surface area (Å²) in [4.78, 5) is 29.5. The molecule has 4 aromatic rings. The van der Waals surface area contributed by atoms with Crippen molar-refractivity contribution in [3.63, 3.8) is 0 Å². The summed E-state index contributed by atoms with van der Waals surface area (Å²) < 4.78 is 4.29. The first kappa shape index (κ1) is 16.5. The minimum atomic E-state index is -0.203. The van der Waals surface area contributed by atoms with Crippen LogP contribution in [0.3, 0.4) is 0 Å². The van der Waals surface area contributed by atoms with Gasteiger partial charge < -0.3 is 5.32 Å². The van der Waals surface area contributed by atoms with E-state index in [-0.39, 0.29) is 18.1 Å². The van der Waals surface area contributed by atoms with Gasteiger partial charge >= 0.3 is 5.69 Å². The maximum atomic E-state index is 12.6. The molecule has 0 saturated carbocycles. The van der Waals surface area contributed by atoms with Crippen LogP contribution >= 0.6 is 11.3 Å². The van der Waals surface area contributed by atoms with E-state index < -0.39 is 0 Å². The van der Waals surface area contributed by atoms with Gasteiger partial charge in [0, 0.05) is 6.54 Å². The van der Waals surface area contributed by atoms with Crippen LogP contribution in [0.1, 0.15) is 11.9 Å². The lowest BCUT2D eigenvalue weighted by molar-refractivity contribution is -0.121. The molecule has 2 aromatic heterocycles. The van der Waals surface area contributed by atoms with Crippen molar-refractivity contribution in [2.24, 2.45) is 0 Å². The maximum Gasteiger partial charge on any atom is 0.329 e. The summed E-state index contributed by atoms with van der Waals surface area (Å²) in [6.07, 6.45) is 0. The number of fused-ring (bicyclic) bond motifs is 2. The van der Waals surface area contributed by atoms with E-state index in [0.717, 1.165) is 26.3 Å². The number of hydrogen-bond donors (Lipinski definition) is 1. The molecule has 4 rings (SSSR count). The third kappa shape index (κ3) is 2.90. The Labute approximate surface area is 153 Å². The quantitative estimate of drug-likeness (QED) is 0.590. The number of nitrogens with zero attached hydrogens (tertiary/aromatic N) is 3. The SMILES string of the molecule is CCn1c(=O)n(CC(=O)NCc2nc3ccccc3s2)c2ccccc21. The summed E-state index contributed by atoms with van der Waals surface area (Å²) in [7, 11) is 0. The molecule has 1 amide bonds. The third-order valence-corrected chi connectivity index (χ3v) is 5.35. The van der Waals surface area contributed by atoms with Gasteiger partial charge in [-0.2, -0.15) is 0 Å². The summed E-state index contributed by atoms with van der Waals surface area (Å²) in [6.45, 7) is 2.85. The molecule has 0 unspecified atom stereocenters. The number of thiazole rings is 1. The zero-order valence-corrected chi connectivity index (χ0v) is 15.1. The molecule has 0 bridgehead atoms. The predicted octanol–water partition coefficient (Wildman–Crippen LogP) is 2.75. The van der Waals surface area contributed by atoms with Crippen LogP contribution in [0.15, 0.2) is 53.3 Å². The standard InChI is InChI=1S/C19H18N4O2S/c1-2-22-14-8-4-5-9-15(14)23(19(22)25)12-17(24)20-11-18-21-13-7-3-6-10-16(13)26-18/h3-10H,2,11-12H2,1H3,(H,20,24). The molecule has 6 nitrogen and oxygen atoms in total. The van der Waals surface area contributed by atoms with Crippen molar-refractivity contribution in [3.8, 4) is 0 Å². The van der Waals surface area contributed by atoms with E-state index in [0.29, 0.717) is 13.1 Å². The molecule has 7 heteroatoms. The zero-order chi connectivity index (χ0) is 18.1. The van der Waals surface area contributed by atoms with Gasteiger partial charge in [-0.25, -0.2) is 9.78 Å². The van der Waals surface area contributed by atoms with Crippen molar-refractivity contribution in [1.29, 1.82) is 0 Å². The molecule has 26 heavy (non-hydrogen) atoms. The molecule has 2 aromatic carbocycles. The van der Waals surface area contributed by atoms with E-state index in [2.05, 4.69) is 10.3 Å². The number of carbonyl (C=O) groups is 1. The molecule has 0 saturated heterocycles. The molecule has 0 spiro atoms. The largest absolute Gasteiger partial charge is 0.348 e. The Balaban J connectivity index is 1.52. The van der Waals surface area contributed by atoms with Crippen LogP contribution in [-0.4, -0.2) is 20.0 Å². The lowest BCUT2D eigenvalue weighted by Crippen LogP contribution is -2.32. The number of imidazole rings is 1. The topological polar surface area (TPSA) is 68.9 Å². The normalized spacial score (nSPS) is 11.3. The number of hydrogen-bond acceptors (Lipinski definition) is 4. The minimum Gasteiger partial charge on any atom is -0.348 e. The molecule has 0 aliphatic carbocycles. The number of carbonyl (C=O) groups excluding carboxylic acids is 1. The molecule has 0 atom stereocenters. The van der Waals surface area contributed by atoms with E-state index >= 15 is 0 Å². The van der Waals surface area contributed by atoms with E-state index in [9.17, 15) is 9.59 Å². The number of benzene rings is 2. The Hall–Kier alpha value is -2.93. The average Bonchev–Trinajstić information content (AvgIpc) is 3.19. The Kier molecular flexibility index (Phi) is 4.30. The fourth-order valence-corrected chi connectivity index (χ4v) is 4.01. The fourth-order valence-electron chi connectivity index (χ4n) is 3.10. The molecular weight excluding hydrogens is 348 g/mol. The fraction of sp³-hybridized carbons (Fsp3) is 0.211. The van der Waals surface area contributed by atoms with Crippen molar-refractivity contribution in [3.05, 3.63) is 64.0 Å². The van der Waals surface area contributed by atoms with Gasteiger partial charge in [-0.15, -0.1) is 11.3 Å². The van der Waals surface area contributed by atoms with Crippen LogP contribution < -0.4 is 11.0 Å². The van der Waals surface area contributed by atoms with Gasteiger partial charge in [0.2, 0.25) is 5.91 Å². The molecule has 0 aliphatic rings. The Morgan fingerprint density at radius 1 is 1.08 bits per heavy atom. The van der Waals surface area contributed by atoms with Crippen molar-refractivity contribution < 1.29 is 4.79 Å². The Morgan fingerprint density at radius 2 is 1.77 bits per heavy atom. The van der Waals surface area contributed by atoms with Gasteiger partial charge in [0.05, 0.1) is 27.8 Å². The number of rotatable bonds is 5. The van der Waals surface area contributed by atoms with Crippen LogP contribution in [0, 0.1) is 0 Å². The van der Waals surface area contributed by atoms with Gasteiger partial charge in [-0.05, 0) is 31.2 Å². The lowest BCUT2D eigenvalue weighted by atomic mass is 10.3. The van der Waals surface area contributed by atoms with Crippen LogP contribution in [-0.2, 0) is 24.4 Å². The highest BCUT2D eigenvalue weighted by molar-refractivity contribution is 7.18. The van der Waals surface area contributed by atoms with Crippen LogP contribution in [0.2, 0.25) is 0 Å². The van der Waals surface area contributed by atoms with Crippen molar-refractivity contribution in [2.45, 2.75) is 26.6 Å². The van der Waals surface area contributed by atoms with Gasteiger partial charge in [-0.1, -0.05) is 24.3 Å². The molecular formula is C19H18N4O2S. The van der Waals surface area contributed by atoms with Gasteiger partial charge in [-0.3, -0.25) is 13.9 Å². The van der Waals surface area contributed by atoms with Crippen molar-refractivity contribution in [2.75, 3.05) is 0 Å². The maximum absolute atomic E-state index is 12.6. The van der Waals surface area contributed by atoms with Gasteiger partial charge in [0.1, 0.15) is 11.6 Å². The predicted molar refractivity (Wildman–Crippen MR) is 103 cm³/mol. The highest BCUT2D eigenvalue weighted by Crippen LogP contribution is 2.21. The number of aryl methyl sites for hydroxylation is 1. The van der Waals surface area contributed by atoms with Gasteiger partial charge in [0.15, 0.2) is 0 Å². The highest BCUT2D eigenvalue weighted by Gasteiger charge is 2.14. The Morgan fingerprint density at radius 3 is 2.50 bits per heavy atom. The van der Waals surface area contributed by atoms with Crippen LogP contribution in [0.5, 0.6) is 0 Å². The van der Waals surface area contributed by atoms with Gasteiger partial charge in [0.25, 0.3) is 0 Å². The van der Waals surface area contributed by atoms with Crippen LogP contribution in [0.4, 0.5) is 0 Å². The zero-order valence-electron chi connectivity index (χ0n) is 14.3. The molecule has 0 radical (unpaired) electrons. The molecule has 0 fully saturated rings. The van der Waals surface area contributed by atoms with Crippen molar-refractivity contribution >= 4 is 38.5 Å². The molecule has 2 heterocycles. The van der Waals surface area contributed by atoms with E-state index in [4.69, 9.17) is 0 Å². The minimum absolute atomic E-state index is 0.00274. The second-order valence-electron chi connectivity index (χ2n) is 5.95. The number of para-hydroxylation sites is 3. The third-order valence-electron chi connectivity index (χ3n) is 4.32. The number of aromatic nitrogens is 3. The monoisotopic (exact) mass is 366 g/mol. The summed E-state index contributed by atoms with van der Waals surface area (Å²) in [5, 5.41) is 3.72. The summed E-state index contributed by atoms with van der Waals surface area (Å²) in [6, 6.07) is 15.4. The van der Waals surface area contributed by atoms with Crippen molar-refractivity contribution in [1.82, 2.24) is 19.4 Å². The summed E-state index contributed by atoms with van der Waals surface area (Å²) in [5.74, 6) is -0.203. The molecule has 0 aliphatic heterocycles. The van der Waals surface area contributed by atoms with E-state index in [1.165, 1.54) is 4.57 Å². The number of amides is 1. The Bertz CT molecular complexity index is 1120.